The Kier molecular flexibility index (Phi) is 36.5. The lowest BCUT2D eigenvalue weighted by Gasteiger charge is -2.41. The number of carbonyl (C=O) groups is 1. The Morgan fingerprint density at radius 2 is 1.07 bits per heavy atom. The highest BCUT2D eigenvalue weighted by molar-refractivity contribution is 7.80. The Bertz CT molecular complexity index is 1090. The maximum Gasteiger partial charge on any atom is 0.397 e. The molecule has 6 unspecified atom stereocenters. The predicted molar refractivity (Wildman–Crippen MR) is 234 cm³/mol. The fraction of sp³-hybridized carbons (Fsp3) is 0.935. The van der Waals surface area contributed by atoms with Gasteiger partial charge in [-0.05, 0) is 38.5 Å². The van der Waals surface area contributed by atoms with Crippen LogP contribution in [0.25, 0.3) is 0 Å². The number of hydrogen-bond donors (Lipinski definition) is 4. The molecule has 0 saturated carbocycles. The molecule has 0 spiro atoms. The van der Waals surface area contributed by atoms with E-state index >= 15 is 0 Å². The van der Waals surface area contributed by atoms with Crippen LogP contribution >= 0.6 is 0 Å². The summed E-state index contributed by atoms with van der Waals surface area (Å²) in [4.78, 5) is 12.9. The molecule has 0 aliphatic carbocycles. The van der Waals surface area contributed by atoms with E-state index in [4.69, 9.17) is 23.5 Å². The molecule has 4 N–H and O–H groups in total. The maximum absolute atomic E-state index is 12.9. The minimum absolute atomic E-state index is 0.0385. The topological polar surface area (TPSA) is 178 Å². The molecule has 0 radical (unpaired) electrons. The van der Waals surface area contributed by atoms with Crippen LogP contribution in [0.4, 0.5) is 0 Å². The highest BCUT2D eigenvalue weighted by Gasteiger charge is 2.48. The Labute approximate surface area is 359 Å². The number of unbranched alkanes of at least 4 members (excludes halogenated alkanes) is 27. The molecule has 1 heterocycles. The third kappa shape index (κ3) is 32.2. The van der Waals surface area contributed by atoms with Crippen LogP contribution < -0.4 is 0 Å². The van der Waals surface area contributed by atoms with Crippen LogP contribution in [0.1, 0.15) is 213 Å². The van der Waals surface area contributed by atoms with E-state index < -0.39 is 59.8 Å². The molecule has 350 valence electrons. The van der Waals surface area contributed by atoms with Crippen molar-refractivity contribution in [2.24, 2.45) is 0 Å². The molecule has 0 amide bonds. The number of esters is 1. The van der Waals surface area contributed by atoms with Crippen LogP contribution in [0.2, 0.25) is 0 Å². The van der Waals surface area contributed by atoms with Crippen LogP contribution in [0.15, 0.2) is 12.2 Å². The van der Waals surface area contributed by atoms with Crippen LogP contribution in [0.3, 0.4) is 0 Å². The molecule has 1 saturated heterocycles. The Balaban J connectivity index is 2.40. The van der Waals surface area contributed by atoms with Gasteiger partial charge in [0.05, 0.1) is 19.8 Å². The third-order valence-electron chi connectivity index (χ3n) is 11.1. The number of aliphatic hydroxyl groups is 3. The fourth-order valence-corrected chi connectivity index (χ4v) is 8.00. The Morgan fingerprint density at radius 1 is 0.627 bits per heavy atom. The molecular formula is C46H88O12S. The SMILES string of the molecule is CCCCCCCC/C=C\CCCCCCCC(=O)OC(COCCCCCCCCCCCCCCCCCCC)COC1OC(CO)C(O)C(OS(=O)(=O)O)C1O. The average Bonchev–Trinajstić information content (AvgIpc) is 3.20. The number of carbonyl (C=O) groups excluding carboxylic acids is 1. The van der Waals surface area contributed by atoms with E-state index in [0.29, 0.717) is 13.0 Å². The quantitative estimate of drug-likeness (QED) is 0.0198. The van der Waals surface area contributed by atoms with Crippen molar-refractivity contribution < 1.29 is 56.2 Å². The van der Waals surface area contributed by atoms with Gasteiger partial charge in [-0.1, -0.05) is 180 Å². The second-order valence-electron chi connectivity index (χ2n) is 16.7. The minimum Gasteiger partial charge on any atom is -0.457 e. The van der Waals surface area contributed by atoms with Crippen molar-refractivity contribution in [2.45, 2.75) is 250 Å². The largest absolute Gasteiger partial charge is 0.457 e. The Morgan fingerprint density at radius 3 is 1.53 bits per heavy atom. The lowest BCUT2D eigenvalue weighted by molar-refractivity contribution is -0.301. The first-order valence-electron chi connectivity index (χ1n) is 23.9. The zero-order valence-corrected chi connectivity index (χ0v) is 38.1. The zero-order chi connectivity index (χ0) is 43.2. The smallest absolute Gasteiger partial charge is 0.397 e. The average molecular weight is 865 g/mol. The van der Waals surface area contributed by atoms with Crippen molar-refractivity contribution in [3.63, 3.8) is 0 Å². The van der Waals surface area contributed by atoms with E-state index in [1.807, 2.05) is 0 Å². The first-order chi connectivity index (χ1) is 28.6. The van der Waals surface area contributed by atoms with E-state index in [9.17, 15) is 28.5 Å². The lowest BCUT2D eigenvalue weighted by Crippen LogP contribution is -2.60. The summed E-state index contributed by atoms with van der Waals surface area (Å²) in [6, 6.07) is 0. The summed E-state index contributed by atoms with van der Waals surface area (Å²) in [5.74, 6) is -0.404. The third-order valence-corrected chi connectivity index (χ3v) is 11.6. The standard InChI is InChI=1S/C46H88O12S/c1-3-5-7-9-11-13-15-17-19-20-22-24-26-28-30-32-34-36-54-38-40(39-55-46-44(50)45(58-59(51,52)53)43(49)41(37-47)57-46)56-42(48)35-33-31-29-27-25-23-21-18-16-14-12-10-8-6-4-2/h18,21,40-41,43-47,49-50H,3-17,19-20,22-39H2,1-2H3,(H,51,52,53)/b21-18-. The molecule has 1 aliphatic rings. The van der Waals surface area contributed by atoms with Crippen LogP contribution in [0, 0.1) is 0 Å². The van der Waals surface area contributed by atoms with E-state index in [1.165, 1.54) is 128 Å². The summed E-state index contributed by atoms with van der Waals surface area (Å²) in [7, 11) is -5.06. The summed E-state index contributed by atoms with van der Waals surface area (Å²) >= 11 is 0. The molecule has 0 aromatic heterocycles. The van der Waals surface area contributed by atoms with Crippen molar-refractivity contribution in [3.8, 4) is 0 Å². The summed E-state index contributed by atoms with van der Waals surface area (Å²) in [6.07, 6.45) is 32.4. The molecule has 59 heavy (non-hydrogen) atoms. The zero-order valence-electron chi connectivity index (χ0n) is 37.3. The van der Waals surface area contributed by atoms with Crippen LogP contribution in [0.5, 0.6) is 0 Å². The number of allylic oxidation sites excluding steroid dienone is 2. The number of hydrogen-bond acceptors (Lipinski definition) is 11. The molecule has 6 atom stereocenters. The van der Waals surface area contributed by atoms with Gasteiger partial charge in [-0.25, -0.2) is 4.18 Å². The van der Waals surface area contributed by atoms with Gasteiger partial charge < -0.3 is 34.3 Å². The minimum atomic E-state index is -5.06. The van der Waals surface area contributed by atoms with Gasteiger partial charge >= 0.3 is 16.4 Å². The molecular weight excluding hydrogens is 777 g/mol. The van der Waals surface area contributed by atoms with Crippen LogP contribution in [-0.2, 0) is 38.3 Å². The van der Waals surface area contributed by atoms with Gasteiger partial charge in [-0.15, -0.1) is 0 Å². The molecule has 0 aromatic carbocycles. The summed E-state index contributed by atoms with van der Waals surface area (Å²) in [5, 5.41) is 30.7. The van der Waals surface area contributed by atoms with Gasteiger partial charge in [0.25, 0.3) is 0 Å². The first kappa shape index (κ1) is 55.9. The summed E-state index contributed by atoms with van der Waals surface area (Å²) in [6.45, 7) is 4.01. The summed E-state index contributed by atoms with van der Waals surface area (Å²) in [5.41, 5.74) is 0. The van der Waals surface area contributed by atoms with Crippen molar-refractivity contribution >= 4 is 16.4 Å². The van der Waals surface area contributed by atoms with Gasteiger partial charge in [0.15, 0.2) is 6.29 Å². The van der Waals surface area contributed by atoms with Gasteiger partial charge in [0.2, 0.25) is 0 Å². The van der Waals surface area contributed by atoms with Gasteiger partial charge in [0.1, 0.15) is 30.5 Å². The van der Waals surface area contributed by atoms with E-state index in [1.54, 1.807) is 0 Å². The van der Waals surface area contributed by atoms with Crippen molar-refractivity contribution in [2.75, 3.05) is 26.4 Å². The van der Waals surface area contributed by atoms with E-state index in [0.717, 1.165) is 57.8 Å². The second-order valence-corrected chi connectivity index (χ2v) is 17.8. The van der Waals surface area contributed by atoms with Gasteiger partial charge in [-0.2, -0.15) is 8.42 Å². The van der Waals surface area contributed by atoms with Crippen LogP contribution in [-0.4, -0.2) is 97.5 Å². The highest BCUT2D eigenvalue weighted by atomic mass is 32.3. The molecule has 0 bridgehead atoms. The number of ether oxygens (including phenoxy) is 4. The number of aliphatic hydroxyl groups excluding tert-OH is 3. The van der Waals surface area contributed by atoms with E-state index in [-0.39, 0.29) is 19.6 Å². The normalized spacial score (nSPS) is 20.4. The van der Waals surface area contributed by atoms with Gasteiger partial charge in [0, 0.05) is 13.0 Å². The highest BCUT2D eigenvalue weighted by Crippen LogP contribution is 2.26. The molecule has 12 nitrogen and oxygen atoms in total. The Hall–Kier alpha value is -1.16. The number of rotatable bonds is 42. The molecule has 1 rings (SSSR count). The lowest BCUT2D eigenvalue weighted by atomic mass is 9.99. The van der Waals surface area contributed by atoms with Crippen molar-refractivity contribution in [3.05, 3.63) is 12.2 Å². The molecule has 1 aliphatic heterocycles. The van der Waals surface area contributed by atoms with Crippen molar-refractivity contribution in [1.82, 2.24) is 0 Å². The summed E-state index contributed by atoms with van der Waals surface area (Å²) < 4.78 is 59.1. The predicted octanol–water partition coefficient (Wildman–Crippen LogP) is 10.2. The van der Waals surface area contributed by atoms with E-state index in [2.05, 4.69) is 30.2 Å². The maximum atomic E-state index is 12.9. The second kappa shape index (κ2) is 38.5. The first-order valence-corrected chi connectivity index (χ1v) is 25.3. The van der Waals surface area contributed by atoms with Crippen molar-refractivity contribution in [1.29, 1.82) is 0 Å². The van der Waals surface area contributed by atoms with Gasteiger partial charge in [-0.3, -0.25) is 9.35 Å². The monoisotopic (exact) mass is 865 g/mol. The molecule has 13 heteroatoms. The fourth-order valence-electron chi connectivity index (χ4n) is 7.49. The molecule has 1 fully saturated rings. The molecule has 0 aromatic rings.